The van der Waals surface area contributed by atoms with Crippen LogP contribution in [0.5, 0.6) is 0 Å². The molecule has 1 heterocycles. The normalized spacial score (nSPS) is 28.2. The SMILES string of the molecule is CC(C)(C)OC(=O)N[C@@H](CCC#N)C(=O)N[C@H]1C[C@H]2CC[C@]1(CS(=O)(=O)N1CCC3(CCc4ccccc43)CC1)C2(C)C. The van der Waals surface area contributed by atoms with Crippen molar-refractivity contribution >= 4 is 22.0 Å². The standard InChI is InChI=1S/C33H48N4O5S/c1-30(2,3)42-29(39)35-26(11-8-18-34)28(38)36-27-21-24-13-15-33(27,31(24,4)5)22-43(40,41)37-19-16-32(17-20-37)14-12-23-9-6-7-10-25(23)32/h6-7,9-10,24,26-27H,8,11-17,19-22H2,1-5H3,(H,35,39)(H,36,38)/t24-,26+,27+,33-/m1/s1. The molecule has 2 N–H and O–H groups in total. The van der Waals surface area contributed by atoms with Gasteiger partial charge in [0.15, 0.2) is 0 Å². The molecule has 0 unspecified atom stereocenters. The van der Waals surface area contributed by atoms with Crippen LogP contribution in [-0.2, 0) is 31.4 Å². The Morgan fingerprint density at radius 2 is 1.84 bits per heavy atom. The van der Waals surface area contributed by atoms with Crippen molar-refractivity contribution in [2.45, 2.75) is 116 Å². The van der Waals surface area contributed by atoms with Crippen molar-refractivity contribution in [3.63, 3.8) is 0 Å². The molecule has 0 aromatic heterocycles. The Bertz CT molecular complexity index is 1390. The summed E-state index contributed by atoms with van der Waals surface area (Å²) in [5.41, 5.74) is 1.24. The second-order valence-corrected chi connectivity index (χ2v) is 16.9. The summed E-state index contributed by atoms with van der Waals surface area (Å²) in [5, 5.41) is 15.0. The van der Waals surface area contributed by atoms with Crippen LogP contribution >= 0.6 is 0 Å². The quantitative estimate of drug-likeness (QED) is 0.434. The maximum Gasteiger partial charge on any atom is 0.408 e. The molecular weight excluding hydrogens is 564 g/mol. The van der Waals surface area contributed by atoms with E-state index in [0.717, 1.165) is 38.5 Å². The molecule has 2 saturated carbocycles. The van der Waals surface area contributed by atoms with Gasteiger partial charge in [-0.3, -0.25) is 4.79 Å². The number of rotatable bonds is 8. The summed E-state index contributed by atoms with van der Waals surface area (Å²) in [6, 6.07) is 9.37. The van der Waals surface area contributed by atoms with Gasteiger partial charge >= 0.3 is 6.09 Å². The van der Waals surface area contributed by atoms with Gasteiger partial charge in [-0.2, -0.15) is 5.26 Å². The minimum atomic E-state index is -3.60. The van der Waals surface area contributed by atoms with Crippen LogP contribution in [0.2, 0.25) is 0 Å². The summed E-state index contributed by atoms with van der Waals surface area (Å²) in [6.07, 6.45) is 5.68. The molecule has 0 radical (unpaired) electrons. The van der Waals surface area contributed by atoms with Gasteiger partial charge in [-0.25, -0.2) is 17.5 Å². The molecule has 4 atom stereocenters. The lowest BCUT2D eigenvalue weighted by Crippen LogP contribution is -2.58. The fourth-order valence-corrected chi connectivity index (χ4v) is 11.0. The molecule has 236 valence electrons. The Kier molecular flexibility index (Phi) is 8.40. The number of alkyl carbamates (subject to hydrolysis) is 1. The number of carbonyl (C=O) groups excluding carboxylic acids is 2. The van der Waals surface area contributed by atoms with Crippen LogP contribution in [0.3, 0.4) is 0 Å². The molecule has 1 saturated heterocycles. The van der Waals surface area contributed by atoms with Crippen molar-refractivity contribution < 1.29 is 22.7 Å². The van der Waals surface area contributed by atoms with Gasteiger partial charge in [0.1, 0.15) is 11.6 Å². The first-order valence-electron chi connectivity index (χ1n) is 15.9. The third-order valence-electron chi connectivity index (χ3n) is 11.3. The number of piperidine rings is 1. The number of hydrogen-bond acceptors (Lipinski definition) is 6. The zero-order chi connectivity index (χ0) is 31.3. The number of ether oxygens (including phenoxy) is 1. The molecule has 9 nitrogen and oxygen atoms in total. The Morgan fingerprint density at radius 1 is 1.14 bits per heavy atom. The van der Waals surface area contributed by atoms with E-state index in [1.54, 1.807) is 25.1 Å². The monoisotopic (exact) mass is 612 g/mol. The predicted octanol–water partition coefficient (Wildman–Crippen LogP) is 4.80. The molecule has 3 fully saturated rings. The van der Waals surface area contributed by atoms with Gasteiger partial charge in [0, 0.05) is 31.0 Å². The van der Waals surface area contributed by atoms with E-state index in [0.29, 0.717) is 25.4 Å². The topological polar surface area (TPSA) is 129 Å². The second-order valence-electron chi connectivity index (χ2n) is 14.9. The van der Waals surface area contributed by atoms with Crippen LogP contribution in [-0.4, -0.2) is 61.3 Å². The highest BCUT2D eigenvalue weighted by Crippen LogP contribution is 2.66. The van der Waals surface area contributed by atoms with Crippen LogP contribution in [0.15, 0.2) is 24.3 Å². The number of sulfonamides is 1. The fraction of sp³-hybridized carbons (Fsp3) is 0.727. The maximum absolute atomic E-state index is 14.1. The van der Waals surface area contributed by atoms with E-state index in [2.05, 4.69) is 48.7 Å². The van der Waals surface area contributed by atoms with Crippen LogP contribution in [0.25, 0.3) is 0 Å². The third-order valence-corrected chi connectivity index (χ3v) is 13.3. The highest BCUT2D eigenvalue weighted by Gasteiger charge is 2.66. The van der Waals surface area contributed by atoms with Crippen molar-refractivity contribution in [1.82, 2.24) is 14.9 Å². The average molecular weight is 613 g/mol. The number of aryl methyl sites for hydroxylation is 1. The smallest absolute Gasteiger partial charge is 0.408 e. The summed E-state index contributed by atoms with van der Waals surface area (Å²) in [7, 11) is -3.60. The molecule has 1 aromatic carbocycles. The number of nitrogens with one attached hydrogen (secondary N) is 2. The first kappa shape index (κ1) is 31.8. The number of amides is 2. The first-order valence-corrected chi connectivity index (χ1v) is 17.5. The number of carbonyl (C=O) groups is 2. The van der Waals surface area contributed by atoms with Gasteiger partial charge < -0.3 is 15.4 Å². The van der Waals surface area contributed by atoms with Gasteiger partial charge in [0.05, 0.1) is 11.8 Å². The number of benzene rings is 1. The fourth-order valence-electron chi connectivity index (χ4n) is 8.72. The highest BCUT2D eigenvalue weighted by atomic mass is 32.2. The molecule has 43 heavy (non-hydrogen) atoms. The van der Waals surface area contributed by atoms with E-state index in [1.165, 1.54) is 11.1 Å². The molecular formula is C33H48N4O5S. The van der Waals surface area contributed by atoms with Gasteiger partial charge in [0.2, 0.25) is 15.9 Å². The number of nitriles is 1. The molecule has 3 aliphatic carbocycles. The predicted molar refractivity (Wildman–Crippen MR) is 165 cm³/mol. The number of hydrogen-bond donors (Lipinski definition) is 2. The minimum Gasteiger partial charge on any atom is -0.444 e. The molecule has 5 rings (SSSR count). The molecule has 2 bridgehead atoms. The van der Waals surface area contributed by atoms with Crippen molar-refractivity contribution in [1.29, 1.82) is 5.26 Å². The van der Waals surface area contributed by atoms with E-state index in [-0.39, 0.29) is 35.5 Å². The van der Waals surface area contributed by atoms with Crippen LogP contribution in [0.4, 0.5) is 4.79 Å². The summed E-state index contributed by atoms with van der Waals surface area (Å²) in [4.78, 5) is 26.1. The zero-order valence-electron chi connectivity index (χ0n) is 26.4. The molecule has 1 aromatic rings. The summed E-state index contributed by atoms with van der Waals surface area (Å²) >= 11 is 0. The lowest BCUT2D eigenvalue weighted by molar-refractivity contribution is -0.125. The Labute approximate surface area is 257 Å². The van der Waals surface area contributed by atoms with Gasteiger partial charge in [-0.15, -0.1) is 0 Å². The highest BCUT2D eigenvalue weighted by molar-refractivity contribution is 7.89. The van der Waals surface area contributed by atoms with Crippen molar-refractivity contribution in [2.24, 2.45) is 16.7 Å². The van der Waals surface area contributed by atoms with E-state index < -0.39 is 39.1 Å². The van der Waals surface area contributed by atoms with Gasteiger partial charge in [0.25, 0.3) is 0 Å². The molecule has 1 spiro atoms. The van der Waals surface area contributed by atoms with E-state index in [1.807, 2.05) is 6.07 Å². The number of fused-ring (bicyclic) bond motifs is 4. The third kappa shape index (κ3) is 5.92. The largest absolute Gasteiger partial charge is 0.444 e. The lowest BCUT2D eigenvalue weighted by Gasteiger charge is -2.45. The number of nitrogens with zero attached hydrogens (tertiary/aromatic N) is 2. The van der Waals surface area contributed by atoms with Gasteiger partial charge in [-0.05, 0) is 100 Å². The minimum absolute atomic E-state index is 0.000387. The summed E-state index contributed by atoms with van der Waals surface area (Å²) in [6.45, 7) is 10.6. The van der Waals surface area contributed by atoms with E-state index in [4.69, 9.17) is 10.00 Å². The van der Waals surface area contributed by atoms with Crippen LogP contribution in [0, 0.1) is 28.1 Å². The molecule has 4 aliphatic rings. The van der Waals surface area contributed by atoms with Gasteiger partial charge in [-0.1, -0.05) is 38.1 Å². The van der Waals surface area contributed by atoms with E-state index in [9.17, 15) is 18.0 Å². The lowest BCUT2D eigenvalue weighted by atomic mass is 9.69. The van der Waals surface area contributed by atoms with Crippen molar-refractivity contribution in [2.75, 3.05) is 18.8 Å². The second kappa shape index (κ2) is 11.4. The average Bonchev–Trinajstić information content (AvgIpc) is 3.46. The maximum atomic E-state index is 14.1. The van der Waals surface area contributed by atoms with Crippen molar-refractivity contribution in [3.05, 3.63) is 35.4 Å². The summed E-state index contributed by atoms with van der Waals surface area (Å²) < 4.78 is 35.4. The van der Waals surface area contributed by atoms with E-state index >= 15 is 0 Å². The Morgan fingerprint density at radius 3 is 2.49 bits per heavy atom. The zero-order valence-corrected chi connectivity index (χ0v) is 27.2. The first-order chi connectivity index (χ1) is 20.1. The summed E-state index contributed by atoms with van der Waals surface area (Å²) in [5.74, 6) is -0.101. The van der Waals surface area contributed by atoms with Crippen LogP contribution < -0.4 is 10.6 Å². The molecule has 2 amide bonds. The Balaban J connectivity index is 1.31. The van der Waals surface area contributed by atoms with Crippen molar-refractivity contribution in [3.8, 4) is 6.07 Å². The molecule has 10 heteroatoms. The Hall–Kier alpha value is -2.64. The van der Waals surface area contributed by atoms with Crippen LogP contribution in [0.1, 0.15) is 97.1 Å². The molecule has 1 aliphatic heterocycles.